The maximum atomic E-state index is 12.7. The fourth-order valence-electron chi connectivity index (χ4n) is 2.26. The predicted molar refractivity (Wildman–Crippen MR) is 71.3 cm³/mol. The zero-order valence-electron chi connectivity index (χ0n) is 12.4. The first kappa shape index (κ1) is 16.1. The molecule has 0 radical (unpaired) electrons. The number of alkyl halides is 3. The van der Waals surface area contributed by atoms with Crippen molar-refractivity contribution in [3.05, 3.63) is 28.3 Å². The quantitative estimate of drug-likeness (QED) is 0.911. The van der Waals surface area contributed by atoms with E-state index in [1.165, 1.54) is 6.92 Å². The molecule has 22 heavy (non-hydrogen) atoms. The van der Waals surface area contributed by atoms with Gasteiger partial charge in [-0.3, -0.25) is 9.89 Å². The maximum Gasteiger partial charge on any atom is 0.433 e. The van der Waals surface area contributed by atoms with Crippen molar-refractivity contribution in [2.75, 3.05) is 5.32 Å². The second-order valence-corrected chi connectivity index (χ2v) is 5.02. The molecule has 0 aliphatic heterocycles. The summed E-state index contributed by atoms with van der Waals surface area (Å²) in [6.45, 7) is 6.22. The summed E-state index contributed by atoms with van der Waals surface area (Å²) in [4.78, 5) is 12.2. The van der Waals surface area contributed by atoms with E-state index in [1.807, 2.05) is 5.10 Å². The van der Waals surface area contributed by atoms with Gasteiger partial charge in [0.2, 0.25) is 5.91 Å². The van der Waals surface area contributed by atoms with E-state index in [0.29, 0.717) is 17.0 Å². The molecule has 0 aliphatic rings. The summed E-state index contributed by atoms with van der Waals surface area (Å²) in [5.74, 6) is -0.764. The van der Waals surface area contributed by atoms with Crippen LogP contribution >= 0.6 is 0 Å². The van der Waals surface area contributed by atoms with Crippen LogP contribution in [-0.4, -0.2) is 21.3 Å². The molecule has 0 aliphatic carbocycles. The van der Waals surface area contributed by atoms with Gasteiger partial charge in [0, 0.05) is 11.1 Å². The van der Waals surface area contributed by atoms with Crippen LogP contribution in [0.2, 0.25) is 0 Å². The molecule has 0 saturated heterocycles. The van der Waals surface area contributed by atoms with Crippen LogP contribution in [0.3, 0.4) is 0 Å². The number of halogens is 3. The van der Waals surface area contributed by atoms with Gasteiger partial charge in [-0.05, 0) is 27.7 Å². The van der Waals surface area contributed by atoms with Gasteiger partial charge in [0.15, 0.2) is 5.82 Å². The molecule has 0 aromatic carbocycles. The van der Waals surface area contributed by atoms with E-state index in [9.17, 15) is 18.0 Å². The third-order valence-corrected chi connectivity index (χ3v) is 3.45. The van der Waals surface area contributed by atoms with Crippen LogP contribution in [0.1, 0.15) is 41.1 Å². The normalized spacial score (nSPS) is 13.2. The van der Waals surface area contributed by atoms with Crippen LogP contribution < -0.4 is 5.32 Å². The number of amides is 1. The molecule has 1 amide bonds. The monoisotopic (exact) mass is 316 g/mol. The van der Waals surface area contributed by atoms with Gasteiger partial charge in [0.1, 0.15) is 11.5 Å². The van der Waals surface area contributed by atoms with Crippen molar-refractivity contribution in [3.8, 4) is 0 Å². The van der Waals surface area contributed by atoms with Crippen molar-refractivity contribution < 1.29 is 22.5 Å². The van der Waals surface area contributed by atoms with Crippen LogP contribution in [0.15, 0.2) is 4.52 Å². The minimum atomic E-state index is -4.55. The molecule has 0 bridgehead atoms. The number of nitrogens with zero attached hydrogens (tertiary/aromatic N) is 2. The molecule has 6 nitrogen and oxygen atoms in total. The summed E-state index contributed by atoms with van der Waals surface area (Å²) in [7, 11) is 0. The van der Waals surface area contributed by atoms with Gasteiger partial charge in [0.05, 0.1) is 11.6 Å². The van der Waals surface area contributed by atoms with Gasteiger partial charge >= 0.3 is 6.18 Å². The van der Waals surface area contributed by atoms with Crippen molar-refractivity contribution >= 4 is 11.7 Å². The fourth-order valence-corrected chi connectivity index (χ4v) is 2.26. The Labute approximate surface area is 124 Å². The Bertz CT molecular complexity index is 683. The topological polar surface area (TPSA) is 83.8 Å². The summed E-state index contributed by atoms with van der Waals surface area (Å²) in [5.41, 5.74) is 0.0382. The number of hydrogen-bond donors (Lipinski definition) is 2. The lowest BCUT2D eigenvalue weighted by Gasteiger charge is -2.11. The molecular formula is C13H15F3N4O2. The molecule has 2 N–H and O–H groups in total. The van der Waals surface area contributed by atoms with Crippen molar-refractivity contribution in [3.63, 3.8) is 0 Å². The molecule has 9 heteroatoms. The maximum absolute atomic E-state index is 12.7. The number of rotatable bonds is 3. The van der Waals surface area contributed by atoms with E-state index in [0.717, 1.165) is 0 Å². The summed E-state index contributed by atoms with van der Waals surface area (Å²) in [6, 6.07) is 0. The Morgan fingerprint density at radius 2 is 1.95 bits per heavy atom. The van der Waals surface area contributed by atoms with Gasteiger partial charge in [-0.25, -0.2) is 0 Å². The lowest BCUT2D eigenvalue weighted by atomic mass is 9.98. The van der Waals surface area contributed by atoms with Crippen molar-refractivity contribution in [1.82, 2.24) is 15.4 Å². The van der Waals surface area contributed by atoms with Crippen LogP contribution in [0.4, 0.5) is 19.0 Å². The highest BCUT2D eigenvalue weighted by molar-refractivity contribution is 5.95. The standard InChI is InChI=1S/C13H15F3N4O2/c1-5(9-7(3)20-22-8(9)4)12(21)17-11-6(2)10(18-19-11)13(14,15)16/h5H,1-4H3,(H2,17,18,19,21)/t5-/m1/s1. The Kier molecular flexibility index (Phi) is 3.99. The van der Waals surface area contributed by atoms with E-state index in [4.69, 9.17) is 4.52 Å². The Morgan fingerprint density at radius 1 is 1.32 bits per heavy atom. The number of aromatic amines is 1. The van der Waals surface area contributed by atoms with Gasteiger partial charge in [0.25, 0.3) is 0 Å². The number of carbonyl (C=O) groups is 1. The number of anilines is 1. The minimum absolute atomic E-state index is 0.143. The first-order valence-electron chi connectivity index (χ1n) is 6.48. The van der Waals surface area contributed by atoms with E-state index in [1.54, 1.807) is 20.8 Å². The van der Waals surface area contributed by atoms with Crippen molar-refractivity contribution in [2.24, 2.45) is 0 Å². The molecule has 0 spiro atoms. The highest BCUT2D eigenvalue weighted by Crippen LogP contribution is 2.33. The van der Waals surface area contributed by atoms with Crippen molar-refractivity contribution in [2.45, 2.75) is 39.8 Å². The molecule has 2 rings (SSSR count). The van der Waals surface area contributed by atoms with E-state index >= 15 is 0 Å². The van der Waals surface area contributed by atoms with E-state index < -0.39 is 23.7 Å². The van der Waals surface area contributed by atoms with E-state index in [2.05, 4.69) is 15.6 Å². The number of aromatic nitrogens is 3. The second-order valence-electron chi connectivity index (χ2n) is 5.02. The zero-order valence-corrected chi connectivity index (χ0v) is 12.4. The summed E-state index contributed by atoms with van der Waals surface area (Å²) < 4.78 is 43.0. The lowest BCUT2D eigenvalue weighted by molar-refractivity contribution is -0.141. The van der Waals surface area contributed by atoms with Gasteiger partial charge in [-0.15, -0.1) is 0 Å². The molecule has 2 heterocycles. The molecular weight excluding hydrogens is 301 g/mol. The molecule has 2 aromatic heterocycles. The molecule has 1 atom stereocenters. The largest absolute Gasteiger partial charge is 0.433 e. The minimum Gasteiger partial charge on any atom is -0.361 e. The second kappa shape index (κ2) is 5.47. The van der Waals surface area contributed by atoms with Crippen LogP contribution in [0.5, 0.6) is 0 Å². The molecule has 120 valence electrons. The van der Waals surface area contributed by atoms with Gasteiger partial charge in [-0.1, -0.05) is 5.16 Å². The van der Waals surface area contributed by atoms with Gasteiger partial charge < -0.3 is 9.84 Å². The number of aryl methyl sites for hydroxylation is 2. The number of H-pyrrole nitrogens is 1. The zero-order chi connectivity index (χ0) is 16.7. The number of nitrogens with one attached hydrogen (secondary N) is 2. The van der Waals surface area contributed by atoms with Crippen LogP contribution in [0.25, 0.3) is 0 Å². The fraction of sp³-hybridized carbons (Fsp3) is 0.462. The highest BCUT2D eigenvalue weighted by atomic mass is 19.4. The predicted octanol–water partition coefficient (Wildman–Crippen LogP) is 3.08. The van der Waals surface area contributed by atoms with Crippen molar-refractivity contribution in [1.29, 1.82) is 0 Å². The number of carbonyl (C=O) groups excluding carboxylic acids is 1. The average Bonchev–Trinajstić information content (AvgIpc) is 2.92. The molecule has 0 saturated carbocycles. The Hall–Kier alpha value is -2.32. The summed E-state index contributed by atoms with van der Waals surface area (Å²) in [5, 5.41) is 11.6. The van der Waals surface area contributed by atoms with E-state index in [-0.39, 0.29) is 11.4 Å². The molecule has 2 aromatic rings. The summed E-state index contributed by atoms with van der Waals surface area (Å²) in [6.07, 6.45) is -4.55. The molecule has 0 fully saturated rings. The Balaban J connectivity index is 2.21. The Morgan fingerprint density at radius 3 is 2.41 bits per heavy atom. The third kappa shape index (κ3) is 2.83. The lowest BCUT2D eigenvalue weighted by Crippen LogP contribution is -2.20. The average molecular weight is 316 g/mol. The highest BCUT2D eigenvalue weighted by Gasteiger charge is 2.36. The first-order valence-corrected chi connectivity index (χ1v) is 6.48. The first-order chi connectivity index (χ1) is 10.1. The van der Waals surface area contributed by atoms with Crippen LogP contribution in [0, 0.1) is 20.8 Å². The summed E-state index contributed by atoms with van der Waals surface area (Å²) >= 11 is 0. The van der Waals surface area contributed by atoms with Crippen LogP contribution in [-0.2, 0) is 11.0 Å². The number of hydrogen-bond acceptors (Lipinski definition) is 4. The third-order valence-electron chi connectivity index (χ3n) is 3.45. The SMILES string of the molecule is Cc1noc(C)c1[C@@H](C)C(=O)Nc1n[nH]c(C(F)(F)F)c1C. The smallest absolute Gasteiger partial charge is 0.361 e. The van der Waals surface area contributed by atoms with Gasteiger partial charge in [-0.2, -0.15) is 18.3 Å². The molecule has 0 unspecified atom stereocenters.